The summed E-state index contributed by atoms with van der Waals surface area (Å²) < 4.78 is 6.33. The van der Waals surface area contributed by atoms with Crippen molar-refractivity contribution in [3.05, 3.63) is 77.9 Å². The number of hydrogen-bond donors (Lipinski definition) is 1. The van der Waals surface area contributed by atoms with Crippen molar-refractivity contribution in [1.82, 2.24) is 0 Å². The van der Waals surface area contributed by atoms with E-state index >= 15 is 0 Å². The Morgan fingerprint density at radius 2 is 1.50 bits per heavy atom. The molecule has 2 aromatic carbocycles. The highest BCUT2D eigenvalue weighted by molar-refractivity contribution is 5.85. The van der Waals surface area contributed by atoms with Crippen molar-refractivity contribution in [2.24, 2.45) is 5.92 Å². The second-order valence-electron chi connectivity index (χ2n) is 10.0. The number of benzene rings is 2. The van der Waals surface area contributed by atoms with Crippen LogP contribution in [0, 0.1) is 5.92 Å². The Bertz CT molecular complexity index is 982. The van der Waals surface area contributed by atoms with Gasteiger partial charge >= 0.3 is 5.97 Å². The summed E-state index contributed by atoms with van der Waals surface area (Å²) in [7, 11) is 0. The van der Waals surface area contributed by atoms with Crippen LogP contribution in [0.2, 0.25) is 0 Å². The fraction of sp³-hybridized carbons (Fsp3) is 0.444. The molecule has 0 aliphatic carbocycles. The standard InChI is InChI=1S/C27H32NO5.BrH/c1-26(2,3)33-28-17-14-20(15-18-28)24(23(28)16-19-29)32-25(30)27(31,21-10-6-4-7-11-21)22-12-8-5-9-13-22;/h4-13,16,20,23-24,31H,14-15,17-18H2,1-3H3;1H/q+1;/p-1/t20?,23-,24?,28?;/m0./s1. The van der Waals surface area contributed by atoms with Crippen LogP contribution in [0.5, 0.6) is 0 Å². The summed E-state index contributed by atoms with van der Waals surface area (Å²) in [6.45, 7) is 7.41. The Labute approximate surface area is 211 Å². The van der Waals surface area contributed by atoms with Crippen LogP contribution >= 0.6 is 0 Å². The summed E-state index contributed by atoms with van der Waals surface area (Å²) in [5.74, 6) is 1.25. The molecule has 34 heavy (non-hydrogen) atoms. The number of esters is 1. The van der Waals surface area contributed by atoms with Gasteiger partial charge in [0.2, 0.25) is 5.60 Å². The van der Waals surface area contributed by atoms with E-state index in [0.29, 0.717) is 11.1 Å². The molecule has 2 aromatic rings. The van der Waals surface area contributed by atoms with E-state index < -0.39 is 29.3 Å². The van der Waals surface area contributed by atoms with E-state index in [1.807, 2.05) is 38.8 Å². The summed E-state index contributed by atoms with van der Waals surface area (Å²) in [4.78, 5) is 31.7. The van der Waals surface area contributed by atoms with Crippen molar-refractivity contribution in [2.45, 2.75) is 57.0 Å². The lowest BCUT2D eigenvalue weighted by Gasteiger charge is -2.55. The molecule has 182 valence electrons. The highest BCUT2D eigenvalue weighted by atomic mass is 79.9. The molecular formula is C27H32BrNO5. The Balaban J connectivity index is 0.00000324. The van der Waals surface area contributed by atoms with Crippen molar-refractivity contribution in [3.8, 4) is 0 Å². The maximum absolute atomic E-state index is 13.7. The first-order valence-electron chi connectivity index (χ1n) is 11.5. The minimum absolute atomic E-state index is 0. The second kappa shape index (κ2) is 10.1. The highest BCUT2D eigenvalue weighted by Crippen LogP contribution is 2.44. The zero-order valence-corrected chi connectivity index (χ0v) is 21.4. The smallest absolute Gasteiger partial charge is 0.348 e. The van der Waals surface area contributed by atoms with Gasteiger partial charge in [0, 0.05) is 18.8 Å². The topological polar surface area (TPSA) is 72.8 Å². The van der Waals surface area contributed by atoms with Crippen LogP contribution < -0.4 is 17.0 Å². The predicted molar refractivity (Wildman–Crippen MR) is 123 cm³/mol. The van der Waals surface area contributed by atoms with Gasteiger partial charge in [-0.15, -0.1) is 0 Å². The van der Waals surface area contributed by atoms with Crippen LogP contribution in [0.4, 0.5) is 0 Å². The minimum atomic E-state index is -1.97. The lowest BCUT2D eigenvalue weighted by Crippen LogP contribution is -3.00. The maximum Gasteiger partial charge on any atom is 0.348 e. The molecule has 2 atom stereocenters. The van der Waals surface area contributed by atoms with Gasteiger partial charge in [0.05, 0.1) is 6.08 Å². The van der Waals surface area contributed by atoms with Gasteiger partial charge in [-0.1, -0.05) is 60.7 Å². The van der Waals surface area contributed by atoms with Gasteiger partial charge in [-0.2, -0.15) is 9.48 Å². The summed E-state index contributed by atoms with van der Waals surface area (Å²) in [5, 5.41) is 11.8. The number of hydroxylamine groups is 3. The molecular weight excluding hydrogens is 498 g/mol. The van der Waals surface area contributed by atoms with Crippen molar-refractivity contribution < 1.29 is 45.9 Å². The number of hydrogen-bond acceptors (Lipinski definition) is 5. The van der Waals surface area contributed by atoms with E-state index in [1.165, 1.54) is 6.08 Å². The lowest BCUT2D eigenvalue weighted by atomic mass is 9.79. The molecule has 3 aliphatic rings. The molecule has 5 rings (SSSR count). The van der Waals surface area contributed by atoms with Crippen molar-refractivity contribution in [1.29, 1.82) is 0 Å². The second-order valence-corrected chi connectivity index (χ2v) is 10.0. The summed E-state index contributed by atoms with van der Waals surface area (Å²) in [5.41, 5.74) is -1.55. The zero-order chi connectivity index (χ0) is 23.7. The predicted octanol–water partition coefficient (Wildman–Crippen LogP) is 0.565. The molecule has 2 bridgehead atoms. The number of rotatable bonds is 6. The largest absolute Gasteiger partial charge is 1.00 e. The number of piperidine rings is 3. The fourth-order valence-electron chi connectivity index (χ4n) is 5.33. The lowest BCUT2D eigenvalue weighted by molar-refractivity contribution is -1.14. The number of aliphatic hydroxyl groups is 1. The number of carbonyl (C=O) groups excluding carboxylic acids is 2. The number of quaternary nitrogens is 1. The van der Waals surface area contributed by atoms with Gasteiger partial charge in [-0.3, -0.25) is 0 Å². The maximum atomic E-state index is 13.7. The van der Waals surface area contributed by atoms with Crippen molar-refractivity contribution in [2.75, 3.05) is 13.1 Å². The molecule has 6 nitrogen and oxygen atoms in total. The quantitative estimate of drug-likeness (QED) is 0.336. The van der Waals surface area contributed by atoms with Crippen molar-refractivity contribution >= 4 is 11.9 Å². The van der Waals surface area contributed by atoms with Gasteiger partial charge in [-0.05, 0) is 31.9 Å². The number of carbonyl (C=O) groups is 1. The van der Waals surface area contributed by atoms with Gasteiger partial charge < -0.3 is 26.8 Å². The van der Waals surface area contributed by atoms with Crippen LogP contribution in [0.1, 0.15) is 44.7 Å². The first kappa shape index (κ1) is 26.3. The molecule has 0 saturated carbocycles. The molecule has 3 aliphatic heterocycles. The molecule has 3 saturated heterocycles. The molecule has 3 heterocycles. The molecule has 0 spiro atoms. The molecule has 7 heteroatoms. The molecule has 0 radical (unpaired) electrons. The van der Waals surface area contributed by atoms with Crippen LogP contribution in [-0.2, 0) is 24.8 Å². The van der Waals surface area contributed by atoms with E-state index in [0.717, 1.165) is 25.9 Å². The van der Waals surface area contributed by atoms with E-state index in [9.17, 15) is 14.7 Å². The van der Waals surface area contributed by atoms with Gasteiger partial charge in [0.25, 0.3) is 0 Å². The first-order chi connectivity index (χ1) is 15.7. The van der Waals surface area contributed by atoms with E-state index in [4.69, 9.17) is 9.57 Å². The third-order valence-electron chi connectivity index (χ3n) is 6.72. The molecule has 0 aromatic heterocycles. The Hall–Kier alpha value is -2.28. The van der Waals surface area contributed by atoms with E-state index in [2.05, 4.69) is 0 Å². The summed E-state index contributed by atoms with van der Waals surface area (Å²) in [6.07, 6.45) is 2.46. The number of ether oxygens (including phenoxy) is 1. The summed E-state index contributed by atoms with van der Waals surface area (Å²) in [6, 6.07) is 17.1. The normalized spacial score (nSPS) is 26.2. The van der Waals surface area contributed by atoms with Gasteiger partial charge in [0.15, 0.2) is 12.1 Å². The van der Waals surface area contributed by atoms with Crippen LogP contribution in [0.15, 0.2) is 66.7 Å². The molecule has 0 amide bonds. The average Bonchev–Trinajstić information content (AvgIpc) is 2.81. The monoisotopic (exact) mass is 529 g/mol. The average molecular weight is 530 g/mol. The molecule has 3 fully saturated rings. The number of halogens is 1. The SMILES string of the molecule is CC(C)(C)O[N+]12CCC(CC1)C(OC(=O)C(O)(c1ccccc1)c1ccccc1)[C@@H]2C=C=O.[Br-]. The van der Waals surface area contributed by atoms with Gasteiger partial charge in [-0.25, -0.2) is 9.59 Å². The summed E-state index contributed by atoms with van der Waals surface area (Å²) >= 11 is 0. The molecule has 1 N–H and O–H groups in total. The highest BCUT2D eigenvalue weighted by Gasteiger charge is 2.59. The zero-order valence-electron chi connectivity index (χ0n) is 19.8. The third-order valence-corrected chi connectivity index (χ3v) is 6.72. The molecule has 1 unspecified atom stereocenters. The van der Waals surface area contributed by atoms with Crippen LogP contribution in [0.25, 0.3) is 0 Å². The van der Waals surface area contributed by atoms with E-state index in [-0.39, 0.29) is 27.5 Å². The van der Waals surface area contributed by atoms with Crippen LogP contribution in [-0.4, -0.2) is 52.5 Å². The Kier molecular flexibility index (Phi) is 7.85. The number of nitrogens with zero attached hydrogens (tertiary/aromatic N) is 1. The van der Waals surface area contributed by atoms with E-state index in [1.54, 1.807) is 48.5 Å². The Morgan fingerprint density at radius 1 is 1.00 bits per heavy atom. The van der Waals surface area contributed by atoms with Crippen molar-refractivity contribution in [3.63, 3.8) is 0 Å². The van der Waals surface area contributed by atoms with Crippen LogP contribution in [0.3, 0.4) is 0 Å². The van der Waals surface area contributed by atoms with Gasteiger partial charge in [0.1, 0.15) is 24.6 Å². The Morgan fingerprint density at radius 3 is 1.94 bits per heavy atom. The first-order valence-corrected chi connectivity index (χ1v) is 11.5. The number of fused-ring (bicyclic) bond motifs is 3. The third kappa shape index (κ3) is 4.90. The minimum Gasteiger partial charge on any atom is -1.00 e. The fourth-order valence-corrected chi connectivity index (χ4v) is 5.33.